The summed E-state index contributed by atoms with van der Waals surface area (Å²) < 4.78 is 98.1. The van der Waals surface area contributed by atoms with Crippen molar-refractivity contribution in [3.05, 3.63) is 78.0 Å². The van der Waals surface area contributed by atoms with Crippen LogP contribution < -0.4 is 10.1 Å². The Hall–Kier alpha value is -3.26. The van der Waals surface area contributed by atoms with Gasteiger partial charge in [0.25, 0.3) is 0 Å². The minimum Gasteiger partial charge on any atom is -0.492 e. The van der Waals surface area contributed by atoms with Crippen molar-refractivity contribution in [1.29, 1.82) is 0 Å². The zero-order chi connectivity index (χ0) is 32.7. The van der Waals surface area contributed by atoms with Gasteiger partial charge < -0.3 is 19.5 Å². The average molecular weight is 483 g/mol. The molecule has 6 bridgehead atoms. The molecule has 0 atom stereocenters. The molecule has 0 aliphatic carbocycles. The van der Waals surface area contributed by atoms with Gasteiger partial charge in [0.1, 0.15) is 12.4 Å². The highest BCUT2D eigenvalue weighted by Gasteiger charge is 2.13. The molecule has 1 aromatic heterocycles. The normalized spacial score (nSPS) is 29.1. The van der Waals surface area contributed by atoms with Crippen LogP contribution in [0.5, 0.6) is 5.75 Å². The third kappa shape index (κ3) is 6.66. The van der Waals surface area contributed by atoms with Gasteiger partial charge >= 0.3 is 0 Å². The van der Waals surface area contributed by atoms with Crippen LogP contribution in [0, 0.1) is 0 Å². The van der Waals surface area contributed by atoms with E-state index in [1.807, 2.05) is 0 Å². The minimum atomic E-state index is -2.71. The number of benzene rings is 2. The topological polar surface area (TPSA) is 68.7 Å². The van der Waals surface area contributed by atoms with Gasteiger partial charge in [0.2, 0.25) is 5.95 Å². The summed E-state index contributed by atoms with van der Waals surface area (Å²) in [5, 5.41) is 3.11. The van der Waals surface area contributed by atoms with Crippen molar-refractivity contribution < 1.29 is 27.9 Å². The van der Waals surface area contributed by atoms with Crippen molar-refractivity contribution in [2.75, 3.05) is 44.7 Å². The summed E-state index contributed by atoms with van der Waals surface area (Å²) in [6.45, 7) is -7.87. The van der Waals surface area contributed by atoms with E-state index in [1.165, 1.54) is 18.3 Å². The van der Waals surface area contributed by atoms with E-state index >= 15 is 0 Å². The first-order valence-corrected chi connectivity index (χ1v) is 11.2. The van der Waals surface area contributed by atoms with Crippen molar-refractivity contribution in [2.24, 2.45) is 0 Å². The van der Waals surface area contributed by atoms with E-state index in [2.05, 4.69) is 15.3 Å². The van der Waals surface area contributed by atoms with Gasteiger partial charge in [0.15, 0.2) is 0 Å². The second-order valence-corrected chi connectivity index (χ2v) is 7.77. The van der Waals surface area contributed by atoms with Crippen LogP contribution in [0.3, 0.4) is 0 Å². The second kappa shape index (κ2) is 11.9. The molecular weight excluding hydrogens is 440 g/mol. The first-order valence-electron chi connectivity index (χ1n) is 16.2. The Morgan fingerprint density at radius 2 is 1.91 bits per heavy atom. The highest BCUT2D eigenvalue weighted by Crippen LogP contribution is 2.26. The molecule has 2 aliphatic rings. The summed E-state index contributed by atoms with van der Waals surface area (Å²) in [5.74, 6) is 0.573. The summed E-state index contributed by atoms with van der Waals surface area (Å²) in [6, 6.07) is 12.9. The summed E-state index contributed by atoms with van der Waals surface area (Å²) in [6.07, 6.45) is -0.856. The van der Waals surface area contributed by atoms with Gasteiger partial charge in [-0.15, -0.1) is 0 Å². The molecule has 2 aliphatic heterocycles. The lowest BCUT2D eigenvalue weighted by Crippen LogP contribution is -2.25. The molecule has 7 nitrogen and oxygen atoms in total. The monoisotopic (exact) mass is 482 g/mol. The maximum absolute atomic E-state index is 8.40. The van der Waals surface area contributed by atoms with Crippen LogP contribution in [0.25, 0.3) is 11.3 Å². The molecule has 1 N–H and O–H groups in total. The van der Waals surface area contributed by atoms with Gasteiger partial charge in [-0.1, -0.05) is 30.4 Å². The Balaban J connectivity index is 1.45. The molecule has 0 saturated carbocycles. The van der Waals surface area contributed by atoms with Gasteiger partial charge in [0, 0.05) is 35.0 Å². The molecule has 35 heavy (non-hydrogen) atoms. The van der Waals surface area contributed by atoms with Crippen molar-refractivity contribution >= 4 is 11.6 Å². The maximum atomic E-state index is 8.40. The predicted octanol–water partition coefficient (Wildman–Crippen LogP) is 4.96. The van der Waals surface area contributed by atoms with Crippen molar-refractivity contribution in [3.63, 3.8) is 0 Å². The fraction of sp³-hybridized carbons (Fsp3) is 0.357. The zero-order valence-electron chi connectivity index (χ0n) is 29.0. The number of nitrogens with zero attached hydrogens (tertiary/aromatic N) is 3. The fourth-order valence-electron chi connectivity index (χ4n) is 3.55. The van der Waals surface area contributed by atoms with Gasteiger partial charge in [-0.2, -0.15) is 0 Å². The second-order valence-electron chi connectivity index (χ2n) is 7.77. The third-order valence-electron chi connectivity index (χ3n) is 5.28. The Morgan fingerprint density at radius 3 is 2.83 bits per heavy atom. The quantitative estimate of drug-likeness (QED) is 0.527. The average Bonchev–Trinajstić information content (AvgIpc) is 3.16. The van der Waals surface area contributed by atoms with Crippen LogP contribution in [0.1, 0.15) is 37.6 Å². The molecule has 0 spiro atoms. The number of aromatic nitrogens is 2. The number of nitrogens with one attached hydrogen (secondary N) is 1. The van der Waals surface area contributed by atoms with Crippen LogP contribution in [0.15, 0.2) is 66.9 Å². The van der Waals surface area contributed by atoms with Gasteiger partial charge in [0.05, 0.1) is 40.2 Å². The third-order valence-corrected chi connectivity index (χ3v) is 5.28. The summed E-state index contributed by atoms with van der Waals surface area (Å²) in [4.78, 5) is 10.5. The minimum absolute atomic E-state index is 0.0353. The maximum Gasteiger partial charge on any atom is 0.227 e. The molecular formula is C28H32N4O3. The Morgan fingerprint density at radius 1 is 1.03 bits per heavy atom. The smallest absolute Gasteiger partial charge is 0.227 e. The van der Waals surface area contributed by atoms with Crippen LogP contribution in [-0.4, -0.2) is 54.2 Å². The standard InChI is InChI=1S/C28H32N4O3/c1-2-13-32(12-1)14-17-35-27-9-8-25-19-24(27)21-34-16-4-3-15-33-20-22-6-5-7-23(18-22)26-10-11-29-28(30-25)31-26/h3-11,18-19H,1-2,12-17,20-21H2,(H,29,30,31)/b4-3+/i1D2,2D2,15D2,16D2,20D2. The Bertz CT molecular complexity index is 1560. The van der Waals surface area contributed by atoms with Gasteiger partial charge in [-0.3, -0.25) is 4.90 Å². The van der Waals surface area contributed by atoms with E-state index in [-0.39, 0.29) is 44.4 Å². The summed E-state index contributed by atoms with van der Waals surface area (Å²) in [5.41, 5.74) is 2.00. The number of rotatable bonds is 4. The molecule has 182 valence electrons. The first-order chi connectivity index (χ1) is 20.9. The predicted molar refractivity (Wildman–Crippen MR) is 137 cm³/mol. The van der Waals surface area contributed by atoms with E-state index < -0.39 is 32.4 Å². The van der Waals surface area contributed by atoms with E-state index in [4.69, 9.17) is 27.9 Å². The molecule has 0 radical (unpaired) electrons. The SMILES string of the molecule is [2H]C1([2H])/C=C/C([2H])([2H])OC([2H])([2H])c2cccc(c2)-c2ccnc(n2)Nc2ccc(OCCN3CC([2H])([2H])C([2H])([2H])C3)c(c2)CO1. The number of hydrogen-bond acceptors (Lipinski definition) is 7. The first kappa shape index (κ1) is 14.3. The lowest BCUT2D eigenvalue weighted by atomic mass is 10.1. The van der Waals surface area contributed by atoms with Crippen LogP contribution in [-0.2, 0) is 22.6 Å². The molecule has 0 amide bonds. The molecule has 0 unspecified atom stereocenters. The Labute approximate surface area is 220 Å². The van der Waals surface area contributed by atoms with Gasteiger partial charge in [-0.05, 0) is 61.7 Å². The number of ether oxygens (including phenoxy) is 3. The highest BCUT2D eigenvalue weighted by atomic mass is 16.5. The molecule has 3 heterocycles. The molecule has 3 aromatic rings. The van der Waals surface area contributed by atoms with Crippen LogP contribution in [0.2, 0.25) is 0 Å². The lowest BCUT2D eigenvalue weighted by molar-refractivity contribution is 0.138. The van der Waals surface area contributed by atoms with E-state index in [1.54, 1.807) is 41.3 Å². The molecule has 1 saturated heterocycles. The van der Waals surface area contributed by atoms with Crippen LogP contribution in [0.4, 0.5) is 11.6 Å². The highest BCUT2D eigenvalue weighted by molar-refractivity contribution is 5.63. The number of fused-ring (bicyclic) bond motifs is 7. The molecule has 2 aromatic carbocycles. The Kier molecular flexibility index (Phi) is 4.89. The number of hydrogen-bond donors (Lipinski definition) is 1. The van der Waals surface area contributed by atoms with E-state index in [9.17, 15) is 0 Å². The van der Waals surface area contributed by atoms with Crippen molar-refractivity contribution in [3.8, 4) is 17.0 Å². The van der Waals surface area contributed by atoms with E-state index in [0.717, 1.165) is 12.2 Å². The van der Waals surface area contributed by atoms with E-state index in [0.29, 0.717) is 28.3 Å². The lowest BCUT2D eigenvalue weighted by Gasteiger charge is -2.17. The number of likely N-dealkylation sites (tertiary alicyclic amines) is 1. The van der Waals surface area contributed by atoms with Gasteiger partial charge in [-0.25, -0.2) is 9.97 Å². The van der Waals surface area contributed by atoms with Crippen LogP contribution >= 0.6 is 0 Å². The number of anilines is 2. The molecule has 7 heteroatoms. The van der Waals surface area contributed by atoms with Crippen molar-refractivity contribution in [2.45, 2.75) is 25.9 Å². The molecule has 1 fully saturated rings. The zero-order valence-corrected chi connectivity index (χ0v) is 19.0. The summed E-state index contributed by atoms with van der Waals surface area (Å²) in [7, 11) is 0. The molecule has 5 rings (SSSR count). The largest absolute Gasteiger partial charge is 0.492 e. The fourth-order valence-corrected chi connectivity index (χ4v) is 3.55. The van der Waals surface area contributed by atoms with Crippen molar-refractivity contribution in [1.82, 2.24) is 14.9 Å². The summed E-state index contributed by atoms with van der Waals surface area (Å²) >= 11 is 0.